The summed E-state index contributed by atoms with van der Waals surface area (Å²) in [5, 5.41) is 3.53. The molecule has 0 bridgehead atoms. The molecular formula is C24H22N4O3S. The molecule has 4 heterocycles. The predicted molar refractivity (Wildman–Crippen MR) is 123 cm³/mol. The SMILES string of the molecule is Cc1c(C(=O)NCc2cccc(OCc3ccccn3)c2)sc2nc3n(c(=O)c12)CCC3. The second-order valence-corrected chi connectivity index (χ2v) is 8.76. The number of carbonyl (C=O) groups is 1. The highest BCUT2D eigenvalue weighted by Crippen LogP contribution is 2.28. The van der Waals surface area contributed by atoms with Crippen molar-refractivity contribution in [2.45, 2.75) is 39.5 Å². The summed E-state index contributed by atoms with van der Waals surface area (Å²) in [5.74, 6) is 1.33. The molecule has 0 atom stereocenters. The third-order valence-electron chi connectivity index (χ3n) is 5.58. The highest BCUT2D eigenvalue weighted by atomic mass is 32.1. The number of nitrogens with one attached hydrogen (secondary N) is 1. The molecule has 32 heavy (non-hydrogen) atoms. The minimum absolute atomic E-state index is 0.0342. The van der Waals surface area contributed by atoms with E-state index in [1.807, 2.05) is 49.4 Å². The summed E-state index contributed by atoms with van der Waals surface area (Å²) < 4.78 is 7.55. The second kappa shape index (κ2) is 8.55. The van der Waals surface area contributed by atoms with Crippen LogP contribution in [0.1, 0.15) is 38.7 Å². The zero-order valence-corrected chi connectivity index (χ0v) is 18.4. The van der Waals surface area contributed by atoms with Crippen LogP contribution in [0.15, 0.2) is 53.5 Å². The summed E-state index contributed by atoms with van der Waals surface area (Å²) in [6.45, 7) is 3.26. The molecule has 0 fully saturated rings. The van der Waals surface area contributed by atoms with E-state index in [2.05, 4.69) is 15.3 Å². The number of amides is 1. The molecule has 1 aliphatic heterocycles. The molecule has 5 rings (SSSR count). The van der Waals surface area contributed by atoms with Crippen LogP contribution in [0.2, 0.25) is 0 Å². The monoisotopic (exact) mass is 446 g/mol. The summed E-state index contributed by atoms with van der Waals surface area (Å²) in [6, 6.07) is 13.3. The molecule has 0 aliphatic carbocycles. The largest absolute Gasteiger partial charge is 0.487 e. The average molecular weight is 447 g/mol. The molecule has 162 valence electrons. The van der Waals surface area contributed by atoms with Gasteiger partial charge in [0.2, 0.25) is 0 Å². The quantitative estimate of drug-likeness (QED) is 0.489. The van der Waals surface area contributed by atoms with Gasteiger partial charge in [0, 0.05) is 25.7 Å². The summed E-state index contributed by atoms with van der Waals surface area (Å²) in [5.41, 5.74) is 2.44. The average Bonchev–Trinajstić information content (AvgIpc) is 3.42. The number of thiophene rings is 1. The molecule has 1 aliphatic rings. The minimum atomic E-state index is -0.199. The van der Waals surface area contributed by atoms with Gasteiger partial charge in [0.15, 0.2) is 0 Å². The third kappa shape index (κ3) is 3.89. The fourth-order valence-corrected chi connectivity index (χ4v) is 5.05. The zero-order valence-electron chi connectivity index (χ0n) is 17.6. The first kappa shape index (κ1) is 20.4. The molecule has 8 heteroatoms. The van der Waals surface area contributed by atoms with E-state index in [0.717, 1.165) is 29.9 Å². The lowest BCUT2D eigenvalue weighted by Gasteiger charge is -2.09. The summed E-state index contributed by atoms with van der Waals surface area (Å²) in [4.78, 5) is 35.8. The van der Waals surface area contributed by atoms with Gasteiger partial charge in [-0.05, 0) is 48.7 Å². The van der Waals surface area contributed by atoms with E-state index in [1.54, 1.807) is 10.8 Å². The van der Waals surface area contributed by atoms with Crippen molar-refractivity contribution in [2.24, 2.45) is 0 Å². The Morgan fingerprint density at radius 3 is 3.00 bits per heavy atom. The first-order chi connectivity index (χ1) is 15.6. The Balaban J connectivity index is 1.29. The molecular weight excluding hydrogens is 424 g/mol. The maximum atomic E-state index is 12.9. The number of hydrogen-bond acceptors (Lipinski definition) is 6. The molecule has 0 saturated heterocycles. The van der Waals surface area contributed by atoms with Crippen LogP contribution in [-0.2, 0) is 26.1 Å². The van der Waals surface area contributed by atoms with Crippen LogP contribution in [0.5, 0.6) is 5.75 Å². The molecule has 1 N–H and O–H groups in total. The lowest BCUT2D eigenvalue weighted by Crippen LogP contribution is -2.23. The maximum absolute atomic E-state index is 12.9. The van der Waals surface area contributed by atoms with Gasteiger partial charge in [-0.1, -0.05) is 18.2 Å². The van der Waals surface area contributed by atoms with Crippen LogP contribution in [0, 0.1) is 6.92 Å². The van der Waals surface area contributed by atoms with E-state index in [-0.39, 0.29) is 11.5 Å². The lowest BCUT2D eigenvalue weighted by atomic mass is 10.2. The smallest absolute Gasteiger partial charge is 0.262 e. The van der Waals surface area contributed by atoms with E-state index in [9.17, 15) is 9.59 Å². The van der Waals surface area contributed by atoms with Gasteiger partial charge in [-0.3, -0.25) is 19.1 Å². The maximum Gasteiger partial charge on any atom is 0.262 e. The van der Waals surface area contributed by atoms with Crippen molar-refractivity contribution >= 4 is 27.5 Å². The second-order valence-electron chi connectivity index (χ2n) is 7.76. The first-order valence-corrected chi connectivity index (χ1v) is 11.3. The number of aryl methyl sites for hydroxylation is 2. The van der Waals surface area contributed by atoms with E-state index in [1.165, 1.54) is 11.3 Å². The van der Waals surface area contributed by atoms with Crippen molar-refractivity contribution in [1.29, 1.82) is 0 Å². The van der Waals surface area contributed by atoms with Crippen LogP contribution < -0.4 is 15.6 Å². The number of benzene rings is 1. The molecule has 4 aromatic rings. The third-order valence-corrected chi connectivity index (χ3v) is 6.77. The molecule has 7 nitrogen and oxygen atoms in total. The van der Waals surface area contributed by atoms with E-state index in [0.29, 0.717) is 46.1 Å². The zero-order chi connectivity index (χ0) is 22.1. The van der Waals surface area contributed by atoms with Gasteiger partial charge >= 0.3 is 0 Å². The molecule has 3 aromatic heterocycles. The summed E-state index contributed by atoms with van der Waals surface area (Å²) >= 11 is 1.29. The molecule has 0 radical (unpaired) electrons. The Kier molecular flexibility index (Phi) is 5.45. The van der Waals surface area contributed by atoms with Crippen molar-refractivity contribution in [3.8, 4) is 5.75 Å². The van der Waals surface area contributed by atoms with Crippen LogP contribution in [-0.4, -0.2) is 20.4 Å². The number of hydrogen-bond donors (Lipinski definition) is 1. The Hall–Kier alpha value is -3.52. The van der Waals surface area contributed by atoms with Crippen molar-refractivity contribution in [3.63, 3.8) is 0 Å². The van der Waals surface area contributed by atoms with Crippen molar-refractivity contribution in [2.75, 3.05) is 0 Å². The molecule has 1 amide bonds. The summed E-state index contributed by atoms with van der Waals surface area (Å²) in [7, 11) is 0. The van der Waals surface area contributed by atoms with Crippen molar-refractivity contribution in [3.05, 3.63) is 86.5 Å². The van der Waals surface area contributed by atoms with Crippen LogP contribution in [0.25, 0.3) is 10.2 Å². The van der Waals surface area contributed by atoms with Crippen LogP contribution in [0.4, 0.5) is 0 Å². The van der Waals surface area contributed by atoms with Gasteiger partial charge in [0.25, 0.3) is 11.5 Å². The van der Waals surface area contributed by atoms with Gasteiger partial charge in [-0.25, -0.2) is 4.98 Å². The van der Waals surface area contributed by atoms with Gasteiger partial charge in [-0.15, -0.1) is 11.3 Å². The molecule has 0 unspecified atom stereocenters. The number of fused-ring (bicyclic) bond motifs is 2. The number of ether oxygens (including phenoxy) is 1. The van der Waals surface area contributed by atoms with Gasteiger partial charge < -0.3 is 10.1 Å². The Bertz CT molecular complexity index is 1360. The minimum Gasteiger partial charge on any atom is -0.487 e. The number of nitrogens with zero attached hydrogens (tertiary/aromatic N) is 3. The fourth-order valence-electron chi connectivity index (χ4n) is 3.94. The number of aromatic nitrogens is 3. The van der Waals surface area contributed by atoms with Crippen LogP contribution in [0.3, 0.4) is 0 Å². The van der Waals surface area contributed by atoms with Gasteiger partial charge in [0.1, 0.15) is 23.0 Å². The van der Waals surface area contributed by atoms with Crippen molar-refractivity contribution in [1.82, 2.24) is 19.9 Å². The molecule has 1 aromatic carbocycles. The Morgan fingerprint density at radius 1 is 1.25 bits per heavy atom. The number of rotatable bonds is 6. The highest BCUT2D eigenvalue weighted by Gasteiger charge is 2.23. The molecule has 0 spiro atoms. The topological polar surface area (TPSA) is 86.1 Å². The lowest BCUT2D eigenvalue weighted by molar-refractivity contribution is 0.0954. The van der Waals surface area contributed by atoms with E-state index < -0.39 is 0 Å². The Labute approximate surface area is 188 Å². The van der Waals surface area contributed by atoms with Crippen molar-refractivity contribution < 1.29 is 9.53 Å². The number of carbonyl (C=O) groups excluding carboxylic acids is 1. The standard InChI is InChI=1S/C24H22N4O3S/c1-15-20-23(27-19-9-5-11-28(19)24(20)30)32-21(15)22(29)26-13-16-6-4-8-18(12-16)31-14-17-7-2-3-10-25-17/h2-4,6-8,10,12H,5,9,11,13-14H2,1H3,(H,26,29). The summed E-state index contributed by atoms with van der Waals surface area (Å²) in [6.07, 6.45) is 3.48. The van der Waals surface area contributed by atoms with Gasteiger partial charge in [-0.2, -0.15) is 0 Å². The normalized spacial score (nSPS) is 12.7. The van der Waals surface area contributed by atoms with E-state index >= 15 is 0 Å². The van der Waals surface area contributed by atoms with Gasteiger partial charge in [0.05, 0.1) is 16.0 Å². The fraction of sp³-hybridized carbons (Fsp3) is 0.250. The van der Waals surface area contributed by atoms with Crippen LogP contribution >= 0.6 is 11.3 Å². The Morgan fingerprint density at radius 2 is 2.16 bits per heavy atom. The predicted octanol–water partition coefficient (Wildman–Crippen LogP) is 3.62. The molecule has 0 saturated carbocycles. The highest BCUT2D eigenvalue weighted by molar-refractivity contribution is 7.20. The van der Waals surface area contributed by atoms with E-state index in [4.69, 9.17) is 4.74 Å². The first-order valence-electron chi connectivity index (χ1n) is 10.5. The number of pyridine rings is 1.